The average Bonchev–Trinajstić information content (AvgIpc) is 3.04. The number of phenols is 1. The number of nitro groups is 1. The molecule has 0 aliphatic rings. The molecular formula is C19H17N5O4. The second-order valence-electron chi connectivity index (χ2n) is 6.01. The molecule has 1 heterocycles. The Balaban J connectivity index is 1.63. The molecule has 2 aromatic carbocycles. The van der Waals surface area contributed by atoms with E-state index in [1.165, 1.54) is 23.0 Å². The Morgan fingerprint density at radius 3 is 2.64 bits per heavy atom. The maximum Gasteiger partial charge on any atom is 0.390 e. The number of hydrazone groups is 1. The number of aromatic nitrogens is 2. The molecule has 9 nitrogen and oxygen atoms in total. The summed E-state index contributed by atoms with van der Waals surface area (Å²) in [6.07, 6.45) is 1.36. The minimum atomic E-state index is -0.535. The van der Waals surface area contributed by atoms with Gasteiger partial charge in [0.15, 0.2) is 0 Å². The van der Waals surface area contributed by atoms with Crippen LogP contribution in [-0.4, -0.2) is 31.9 Å². The maximum absolute atomic E-state index is 12.1. The second kappa shape index (κ2) is 8.12. The third-order valence-corrected chi connectivity index (χ3v) is 4.01. The van der Waals surface area contributed by atoms with Gasteiger partial charge in [0.2, 0.25) is 0 Å². The Morgan fingerprint density at radius 1 is 1.29 bits per heavy atom. The number of nitrogens with zero attached hydrogens (tertiary/aromatic N) is 4. The van der Waals surface area contributed by atoms with Crippen LogP contribution >= 0.6 is 0 Å². The normalized spacial score (nSPS) is 10.9. The highest BCUT2D eigenvalue weighted by molar-refractivity contribution is 5.95. The Kier molecular flexibility index (Phi) is 5.45. The predicted octanol–water partition coefficient (Wildman–Crippen LogP) is 2.62. The van der Waals surface area contributed by atoms with Crippen molar-refractivity contribution >= 4 is 17.9 Å². The van der Waals surface area contributed by atoms with Crippen molar-refractivity contribution in [1.82, 2.24) is 15.2 Å². The quantitative estimate of drug-likeness (QED) is 0.387. The van der Waals surface area contributed by atoms with E-state index in [4.69, 9.17) is 0 Å². The van der Waals surface area contributed by atoms with Crippen molar-refractivity contribution in [1.29, 1.82) is 0 Å². The summed E-state index contributed by atoms with van der Waals surface area (Å²) < 4.78 is 1.53. The van der Waals surface area contributed by atoms with Crippen LogP contribution in [0.3, 0.4) is 0 Å². The van der Waals surface area contributed by atoms with Crippen LogP contribution < -0.4 is 5.43 Å². The fraction of sp³-hybridized carbons (Fsp3) is 0.105. The predicted molar refractivity (Wildman–Crippen MR) is 102 cm³/mol. The molecule has 0 aliphatic heterocycles. The minimum absolute atomic E-state index is 0.0685. The number of phenolic OH excluding ortho intramolecular Hbond substituents is 1. The van der Waals surface area contributed by atoms with Crippen LogP contribution in [-0.2, 0) is 6.54 Å². The summed E-state index contributed by atoms with van der Waals surface area (Å²) in [4.78, 5) is 22.4. The number of benzene rings is 2. The van der Waals surface area contributed by atoms with Gasteiger partial charge in [-0.05, 0) is 41.7 Å². The molecule has 0 spiro atoms. The van der Waals surface area contributed by atoms with Gasteiger partial charge in [-0.3, -0.25) is 4.79 Å². The minimum Gasteiger partial charge on any atom is -0.507 e. The van der Waals surface area contributed by atoms with Crippen LogP contribution in [0.25, 0.3) is 0 Å². The Morgan fingerprint density at radius 2 is 2.00 bits per heavy atom. The molecule has 3 rings (SSSR count). The van der Waals surface area contributed by atoms with Gasteiger partial charge in [-0.15, -0.1) is 0 Å². The number of para-hydroxylation sites is 1. The number of rotatable bonds is 6. The van der Waals surface area contributed by atoms with E-state index < -0.39 is 10.8 Å². The first-order valence-corrected chi connectivity index (χ1v) is 8.33. The number of amides is 1. The summed E-state index contributed by atoms with van der Waals surface area (Å²) in [5.74, 6) is -0.529. The van der Waals surface area contributed by atoms with Gasteiger partial charge < -0.3 is 15.2 Å². The zero-order chi connectivity index (χ0) is 20.1. The van der Waals surface area contributed by atoms with Gasteiger partial charge in [0.05, 0.1) is 29.6 Å². The van der Waals surface area contributed by atoms with Crippen LogP contribution in [0.2, 0.25) is 0 Å². The monoisotopic (exact) mass is 379 g/mol. The number of carbonyl (C=O) groups excluding carboxylic acids is 1. The molecule has 0 saturated carbocycles. The molecule has 142 valence electrons. The topological polar surface area (TPSA) is 123 Å². The van der Waals surface area contributed by atoms with Gasteiger partial charge in [-0.1, -0.05) is 24.3 Å². The van der Waals surface area contributed by atoms with Crippen molar-refractivity contribution in [2.45, 2.75) is 13.5 Å². The fourth-order valence-corrected chi connectivity index (χ4v) is 2.50. The third-order valence-electron chi connectivity index (χ3n) is 4.01. The fourth-order valence-electron chi connectivity index (χ4n) is 2.50. The van der Waals surface area contributed by atoms with Crippen molar-refractivity contribution in [3.63, 3.8) is 0 Å². The molecule has 1 aromatic heterocycles. The second-order valence-corrected chi connectivity index (χ2v) is 6.01. The summed E-state index contributed by atoms with van der Waals surface area (Å²) in [7, 11) is 0. The van der Waals surface area contributed by atoms with Crippen molar-refractivity contribution in [3.05, 3.63) is 87.1 Å². The molecule has 0 radical (unpaired) electrons. The summed E-state index contributed by atoms with van der Waals surface area (Å²) in [5.41, 5.74) is 4.80. The molecular weight excluding hydrogens is 362 g/mol. The van der Waals surface area contributed by atoms with Gasteiger partial charge in [-0.2, -0.15) is 9.78 Å². The van der Waals surface area contributed by atoms with Gasteiger partial charge in [0.1, 0.15) is 5.75 Å². The van der Waals surface area contributed by atoms with Crippen LogP contribution in [0, 0.1) is 17.0 Å². The highest BCUT2D eigenvalue weighted by Crippen LogP contribution is 2.14. The number of aromatic hydroxyl groups is 1. The van der Waals surface area contributed by atoms with Crippen LogP contribution in [0.4, 0.5) is 5.82 Å². The van der Waals surface area contributed by atoms with E-state index in [0.717, 1.165) is 5.56 Å². The molecule has 0 fully saturated rings. The summed E-state index contributed by atoms with van der Waals surface area (Å²) >= 11 is 0. The zero-order valence-corrected chi connectivity index (χ0v) is 14.9. The molecule has 0 unspecified atom stereocenters. The first-order chi connectivity index (χ1) is 13.4. The van der Waals surface area contributed by atoms with Gasteiger partial charge in [0.25, 0.3) is 5.91 Å². The first kappa shape index (κ1) is 18.8. The van der Waals surface area contributed by atoms with E-state index >= 15 is 0 Å². The highest BCUT2D eigenvalue weighted by Gasteiger charge is 2.15. The Hall–Kier alpha value is -4.01. The molecule has 9 heteroatoms. The smallest absolute Gasteiger partial charge is 0.390 e. The molecule has 28 heavy (non-hydrogen) atoms. The average molecular weight is 379 g/mol. The first-order valence-electron chi connectivity index (χ1n) is 8.33. The number of nitrogens with one attached hydrogen (secondary N) is 1. The lowest BCUT2D eigenvalue weighted by molar-refractivity contribution is -0.389. The molecule has 1 amide bonds. The Bertz CT molecular complexity index is 1040. The maximum atomic E-state index is 12.1. The number of carbonyl (C=O) groups is 1. The lowest BCUT2D eigenvalue weighted by atomic mass is 10.1. The summed E-state index contributed by atoms with van der Waals surface area (Å²) in [6, 6.07) is 14.8. The lowest BCUT2D eigenvalue weighted by Gasteiger charge is -2.03. The van der Waals surface area contributed by atoms with Crippen LogP contribution in [0.15, 0.2) is 59.7 Å². The van der Waals surface area contributed by atoms with E-state index in [2.05, 4.69) is 15.6 Å². The molecule has 2 N–H and O–H groups in total. The zero-order valence-electron chi connectivity index (χ0n) is 14.9. The summed E-state index contributed by atoms with van der Waals surface area (Å²) in [5, 5.41) is 28.2. The van der Waals surface area contributed by atoms with E-state index in [9.17, 15) is 20.0 Å². The molecule has 3 aromatic rings. The number of hydrogen-bond donors (Lipinski definition) is 2. The standard InChI is InChI=1S/C19H17N5O4/c1-13-10-18(24(27)28)22-23(13)12-14-6-8-15(9-7-14)19(26)21-20-11-16-4-2-3-5-17(16)25/h2-11,25H,12H2,1H3,(H,21,26)/b20-11+. The molecule has 0 saturated heterocycles. The summed E-state index contributed by atoms with van der Waals surface area (Å²) in [6.45, 7) is 2.09. The lowest BCUT2D eigenvalue weighted by Crippen LogP contribution is -2.17. The van der Waals surface area contributed by atoms with Gasteiger partial charge in [-0.25, -0.2) is 5.43 Å². The third kappa shape index (κ3) is 4.39. The van der Waals surface area contributed by atoms with E-state index in [-0.39, 0.29) is 11.6 Å². The van der Waals surface area contributed by atoms with Crippen molar-refractivity contribution in [2.75, 3.05) is 0 Å². The van der Waals surface area contributed by atoms with Gasteiger partial charge in [0, 0.05) is 11.1 Å². The molecule has 0 bridgehead atoms. The van der Waals surface area contributed by atoms with Crippen molar-refractivity contribution < 1.29 is 14.8 Å². The number of aryl methyl sites for hydroxylation is 1. The molecule has 0 atom stereocenters. The van der Waals surface area contributed by atoms with E-state index in [1.54, 1.807) is 49.4 Å². The highest BCUT2D eigenvalue weighted by atomic mass is 16.6. The largest absolute Gasteiger partial charge is 0.507 e. The Labute approximate surface area is 160 Å². The van der Waals surface area contributed by atoms with Crippen LogP contribution in [0.1, 0.15) is 27.2 Å². The van der Waals surface area contributed by atoms with Crippen LogP contribution in [0.5, 0.6) is 5.75 Å². The number of hydrogen-bond acceptors (Lipinski definition) is 6. The van der Waals surface area contributed by atoms with Gasteiger partial charge >= 0.3 is 5.82 Å². The SMILES string of the molecule is Cc1cc([N+](=O)[O-])nn1Cc1ccc(C(=O)N/N=C/c2ccccc2O)cc1. The van der Waals surface area contributed by atoms with Crippen molar-refractivity contribution in [2.24, 2.45) is 5.10 Å². The van der Waals surface area contributed by atoms with Crippen molar-refractivity contribution in [3.8, 4) is 5.75 Å². The van der Waals surface area contributed by atoms with E-state index in [1.807, 2.05) is 0 Å². The van der Waals surface area contributed by atoms with E-state index in [0.29, 0.717) is 23.4 Å². The molecule has 0 aliphatic carbocycles.